The molecule has 0 radical (unpaired) electrons. The zero-order valence-corrected chi connectivity index (χ0v) is 19.6. The first-order chi connectivity index (χ1) is 15.7. The van der Waals surface area contributed by atoms with Crippen LogP contribution in [0.4, 0.5) is 11.4 Å². The summed E-state index contributed by atoms with van der Waals surface area (Å²) >= 11 is 0. The molecule has 0 aliphatic rings. The standard InChI is InChI=1S/C25H27N3O4S/c1-4-28(23-11-6-5-7-12-23)33(31,32)24-15-13-20(14-16-24)25(30)26-18(2)21-9-8-10-22(17-21)27-19(3)29/h5-18H,4H2,1-3H3,(H,26,30)(H,27,29). The number of nitrogens with zero attached hydrogens (tertiary/aromatic N) is 1. The third kappa shape index (κ3) is 5.78. The van der Waals surface area contributed by atoms with Gasteiger partial charge in [0.2, 0.25) is 5.91 Å². The molecule has 0 bridgehead atoms. The zero-order valence-electron chi connectivity index (χ0n) is 18.8. The molecule has 172 valence electrons. The fourth-order valence-corrected chi connectivity index (χ4v) is 4.92. The molecule has 0 aliphatic heterocycles. The van der Waals surface area contributed by atoms with Crippen LogP contribution in [0.25, 0.3) is 0 Å². The molecule has 0 saturated heterocycles. The van der Waals surface area contributed by atoms with Crippen molar-refractivity contribution in [1.29, 1.82) is 0 Å². The number of sulfonamides is 1. The van der Waals surface area contributed by atoms with Crippen LogP contribution in [0.5, 0.6) is 0 Å². The second kappa shape index (κ2) is 10.3. The molecule has 1 atom stereocenters. The maximum Gasteiger partial charge on any atom is 0.264 e. The van der Waals surface area contributed by atoms with Gasteiger partial charge in [-0.2, -0.15) is 0 Å². The first-order valence-corrected chi connectivity index (χ1v) is 12.0. The normalized spacial score (nSPS) is 12.0. The molecule has 3 aromatic rings. The third-order valence-electron chi connectivity index (χ3n) is 5.09. The summed E-state index contributed by atoms with van der Waals surface area (Å²) in [5, 5.41) is 5.62. The van der Waals surface area contributed by atoms with Crippen LogP contribution in [0.3, 0.4) is 0 Å². The second-order valence-corrected chi connectivity index (χ2v) is 9.39. The number of carbonyl (C=O) groups excluding carboxylic acids is 2. The smallest absolute Gasteiger partial charge is 0.264 e. The fraction of sp³-hybridized carbons (Fsp3) is 0.200. The molecule has 3 rings (SSSR count). The molecule has 0 aromatic heterocycles. The van der Waals surface area contributed by atoms with Crippen molar-refractivity contribution in [2.45, 2.75) is 31.7 Å². The average molecular weight is 466 g/mol. The van der Waals surface area contributed by atoms with Crippen molar-refractivity contribution in [3.05, 3.63) is 90.0 Å². The largest absolute Gasteiger partial charge is 0.346 e. The van der Waals surface area contributed by atoms with Crippen LogP contribution in [0.2, 0.25) is 0 Å². The Hall–Kier alpha value is -3.65. The second-order valence-electron chi connectivity index (χ2n) is 7.53. The number of rotatable bonds is 8. The zero-order chi connectivity index (χ0) is 24.0. The van der Waals surface area contributed by atoms with Crippen LogP contribution in [-0.2, 0) is 14.8 Å². The van der Waals surface area contributed by atoms with Crippen molar-refractivity contribution in [2.24, 2.45) is 0 Å². The van der Waals surface area contributed by atoms with Gasteiger partial charge in [-0.15, -0.1) is 0 Å². The lowest BCUT2D eigenvalue weighted by Gasteiger charge is -2.23. The van der Waals surface area contributed by atoms with Gasteiger partial charge in [-0.1, -0.05) is 30.3 Å². The molecule has 2 N–H and O–H groups in total. The molecule has 33 heavy (non-hydrogen) atoms. The minimum atomic E-state index is -3.76. The number of carbonyl (C=O) groups is 2. The number of amides is 2. The lowest BCUT2D eigenvalue weighted by atomic mass is 10.1. The van der Waals surface area contributed by atoms with Gasteiger partial charge in [0.15, 0.2) is 0 Å². The van der Waals surface area contributed by atoms with Crippen LogP contribution in [-0.4, -0.2) is 26.8 Å². The summed E-state index contributed by atoms with van der Waals surface area (Å²) in [7, 11) is -3.76. The number of benzene rings is 3. The molecule has 0 saturated carbocycles. The summed E-state index contributed by atoms with van der Waals surface area (Å²) in [6.45, 7) is 5.32. The SMILES string of the molecule is CCN(c1ccccc1)S(=O)(=O)c1ccc(C(=O)NC(C)c2cccc(NC(C)=O)c2)cc1. The van der Waals surface area contributed by atoms with Crippen molar-refractivity contribution >= 4 is 33.2 Å². The Morgan fingerprint density at radius 3 is 2.21 bits per heavy atom. The van der Waals surface area contributed by atoms with E-state index in [-0.39, 0.29) is 29.3 Å². The van der Waals surface area contributed by atoms with E-state index in [0.29, 0.717) is 16.9 Å². The molecule has 0 fully saturated rings. The van der Waals surface area contributed by atoms with E-state index in [1.54, 1.807) is 49.4 Å². The van der Waals surface area contributed by atoms with E-state index in [1.165, 1.54) is 35.5 Å². The van der Waals surface area contributed by atoms with Gasteiger partial charge in [0, 0.05) is 24.7 Å². The van der Waals surface area contributed by atoms with Gasteiger partial charge >= 0.3 is 0 Å². The van der Waals surface area contributed by atoms with Crippen LogP contribution in [0, 0.1) is 0 Å². The molecule has 2 amide bonds. The topological polar surface area (TPSA) is 95.6 Å². The average Bonchev–Trinajstić information content (AvgIpc) is 2.80. The van der Waals surface area contributed by atoms with Crippen LogP contribution >= 0.6 is 0 Å². The Labute approximate surface area is 194 Å². The van der Waals surface area contributed by atoms with E-state index >= 15 is 0 Å². The highest BCUT2D eigenvalue weighted by atomic mass is 32.2. The van der Waals surface area contributed by atoms with E-state index in [4.69, 9.17) is 0 Å². The van der Waals surface area contributed by atoms with Gasteiger partial charge in [0.05, 0.1) is 16.6 Å². The highest BCUT2D eigenvalue weighted by Crippen LogP contribution is 2.24. The van der Waals surface area contributed by atoms with E-state index in [0.717, 1.165) is 5.56 Å². The summed E-state index contributed by atoms with van der Waals surface area (Å²) in [4.78, 5) is 24.1. The monoisotopic (exact) mass is 465 g/mol. The lowest BCUT2D eigenvalue weighted by Crippen LogP contribution is -2.31. The quantitative estimate of drug-likeness (QED) is 0.517. The first kappa shape index (κ1) is 24.0. The van der Waals surface area contributed by atoms with Crippen LogP contribution in [0.15, 0.2) is 83.8 Å². The van der Waals surface area contributed by atoms with E-state index in [1.807, 2.05) is 19.1 Å². The minimum absolute atomic E-state index is 0.112. The van der Waals surface area contributed by atoms with Crippen molar-refractivity contribution in [1.82, 2.24) is 5.32 Å². The molecule has 1 unspecified atom stereocenters. The minimum Gasteiger partial charge on any atom is -0.346 e. The summed E-state index contributed by atoms with van der Waals surface area (Å²) < 4.78 is 27.5. The van der Waals surface area contributed by atoms with Crippen LogP contribution in [0.1, 0.15) is 42.7 Å². The van der Waals surface area contributed by atoms with E-state index in [9.17, 15) is 18.0 Å². The molecule has 0 heterocycles. The highest BCUT2D eigenvalue weighted by Gasteiger charge is 2.24. The van der Waals surface area contributed by atoms with Crippen molar-refractivity contribution in [3.8, 4) is 0 Å². The molecule has 3 aromatic carbocycles. The summed E-state index contributed by atoms with van der Waals surface area (Å²) in [6.07, 6.45) is 0. The van der Waals surface area contributed by atoms with E-state index < -0.39 is 10.0 Å². The highest BCUT2D eigenvalue weighted by molar-refractivity contribution is 7.92. The van der Waals surface area contributed by atoms with Gasteiger partial charge in [-0.25, -0.2) is 8.42 Å². The van der Waals surface area contributed by atoms with Gasteiger partial charge in [0.25, 0.3) is 15.9 Å². The Morgan fingerprint density at radius 2 is 1.61 bits per heavy atom. The first-order valence-electron chi connectivity index (χ1n) is 10.6. The number of hydrogen-bond donors (Lipinski definition) is 2. The van der Waals surface area contributed by atoms with Gasteiger partial charge in [-0.05, 0) is 67.9 Å². The van der Waals surface area contributed by atoms with Crippen molar-refractivity contribution in [2.75, 3.05) is 16.2 Å². The molecule has 8 heteroatoms. The predicted octanol–water partition coefficient (Wildman–Crippen LogP) is 4.35. The maximum absolute atomic E-state index is 13.1. The number of hydrogen-bond acceptors (Lipinski definition) is 4. The van der Waals surface area contributed by atoms with Crippen LogP contribution < -0.4 is 14.9 Å². The Morgan fingerprint density at radius 1 is 0.939 bits per heavy atom. The van der Waals surface area contributed by atoms with Gasteiger partial charge < -0.3 is 10.6 Å². The molecule has 0 spiro atoms. The summed E-state index contributed by atoms with van der Waals surface area (Å²) in [6, 6.07) is 21.7. The molecular formula is C25H27N3O4S. The van der Waals surface area contributed by atoms with Crippen molar-refractivity contribution in [3.63, 3.8) is 0 Å². The van der Waals surface area contributed by atoms with Crippen molar-refractivity contribution < 1.29 is 18.0 Å². The molecular weight excluding hydrogens is 438 g/mol. The number of anilines is 2. The summed E-state index contributed by atoms with van der Waals surface area (Å²) in [5.41, 5.74) is 2.41. The van der Waals surface area contributed by atoms with Gasteiger partial charge in [0.1, 0.15) is 0 Å². The van der Waals surface area contributed by atoms with Gasteiger partial charge in [-0.3, -0.25) is 13.9 Å². The molecule has 0 aliphatic carbocycles. The number of nitrogens with one attached hydrogen (secondary N) is 2. The van der Waals surface area contributed by atoms with E-state index in [2.05, 4.69) is 10.6 Å². The third-order valence-corrected chi connectivity index (χ3v) is 7.01. The Bertz CT molecular complexity index is 1230. The maximum atomic E-state index is 13.1. The Kier molecular flexibility index (Phi) is 7.50. The Balaban J connectivity index is 1.74. The molecule has 7 nitrogen and oxygen atoms in total. The lowest BCUT2D eigenvalue weighted by molar-refractivity contribution is -0.114. The summed E-state index contributed by atoms with van der Waals surface area (Å²) in [5.74, 6) is -0.500. The predicted molar refractivity (Wildman–Crippen MR) is 130 cm³/mol. The fourth-order valence-electron chi connectivity index (χ4n) is 3.44. The number of para-hydroxylation sites is 1.